The Kier molecular flexibility index (Phi) is 4.10. The lowest BCUT2D eigenvalue weighted by Crippen LogP contribution is -2.20. The van der Waals surface area contributed by atoms with Gasteiger partial charge in [0.25, 0.3) is 11.5 Å². The minimum absolute atomic E-state index is 0.188. The Balaban J connectivity index is 2.10. The summed E-state index contributed by atoms with van der Waals surface area (Å²) in [4.78, 5) is 24.8. The molecule has 3 aromatic rings. The third-order valence-electron chi connectivity index (χ3n) is 4.54. The van der Waals surface area contributed by atoms with Crippen LogP contribution in [0.4, 0.5) is 4.39 Å². The highest BCUT2D eigenvalue weighted by Crippen LogP contribution is 2.43. The van der Waals surface area contributed by atoms with E-state index in [4.69, 9.17) is 23.2 Å². The molecule has 26 heavy (non-hydrogen) atoms. The number of hydrogen-bond donors (Lipinski definition) is 1. The molecule has 0 saturated carbocycles. The van der Waals surface area contributed by atoms with E-state index in [1.165, 1.54) is 28.8 Å². The van der Waals surface area contributed by atoms with Gasteiger partial charge in [0.15, 0.2) is 0 Å². The number of aromatic nitrogens is 1. The minimum Gasteiger partial charge on any atom is -0.341 e. The minimum atomic E-state index is -0.632. The smallest absolute Gasteiger partial charge is 0.253 e. The quantitative estimate of drug-likeness (QED) is 0.583. The highest BCUT2D eigenvalue weighted by molar-refractivity contribution is 9.10. The molecule has 0 radical (unpaired) electrons. The summed E-state index contributed by atoms with van der Waals surface area (Å²) in [6.45, 7) is 0. The number of fused-ring (bicyclic) bond motifs is 3. The zero-order chi connectivity index (χ0) is 18.7. The molecule has 1 N–H and O–H groups in total. The van der Waals surface area contributed by atoms with E-state index >= 15 is 0 Å². The SMILES string of the molecule is Cn1c(=O)cc(Cl)c2c3c(c(Br)cc21)C(c1cc(F)ccc1Cl)NC3=O. The highest BCUT2D eigenvalue weighted by atomic mass is 79.9. The van der Waals surface area contributed by atoms with Crippen LogP contribution in [0.15, 0.2) is 39.6 Å². The number of halogens is 4. The Morgan fingerprint density at radius 3 is 2.62 bits per heavy atom. The van der Waals surface area contributed by atoms with Crippen molar-refractivity contribution in [2.45, 2.75) is 6.04 Å². The lowest BCUT2D eigenvalue weighted by Gasteiger charge is -2.17. The molecule has 0 saturated heterocycles. The number of carbonyl (C=O) groups is 1. The van der Waals surface area contributed by atoms with Gasteiger partial charge in [-0.1, -0.05) is 39.1 Å². The van der Waals surface area contributed by atoms with Gasteiger partial charge in [-0.2, -0.15) is 0 Å². The molecule has 2 aromatic carbocycles. The third-order valence-corrected chi connectivity index (χ3v) is 5.84. The van der Waals surface area contributed by atoms with Crippen molar-refractivity contribution in [1.82, 2.24) is 9.88 Å². The second-order valence-electron chi connectivity index (χ2n) is 6.00. The first-order valence-corrected chi connectivity index (χ1v) is 9.12. The lowest BCUT2D eigenvalue weighted by molar-refractivity contribution is 0.0962. The predicted molar refractivity (Wildman–Crippen MR) is 103 cm³/mol. The summed E-state index contributed by atoms with van der Waals surface area (Å²) in [6, 6.07) is 6.36. The Morgan fingerprint density at radius 1 is 1.15 bits per heavy atom. The van der Waals surface area contributed by atoms with Crippen LogP contribution in [0.2, 0.25) is 10.0 Å². The summed E-state index contributed by atoms with van der Waals surface area (Å²) < 4.78 is 15.8. The van der Waals surface area contributed by atoms with Crippen LogP contribution in [-0.4, -0.2) is 10.5 Å². The molecule has 132 valence electrons. The van der Waals surface area contributed by atoms with E-state index in [1.54, 1.807) is 13.1 Å². The average molecular weight is 456 g/mol. The van der Waals surface area contributed by atoms with E-state index in [2.05, 4.69) is 21.2 Å². The number of hydrogen-bond acceptors (Lipinski definition) is 2. The Bertz CT molecular complexity index is 1180. The van der Waals surface area contributed by atoms with Crippen LogP contribution in [0.3, 0.4) is 0 Å². The zero-order valence-corrected chi connectivity index (χ0v) is 16.3. The number of rotatable bonds is 1. The molecule has 0 bridgehead atoms. The number of aryl methyl sites for hydroxylation is 1. The predicted octanol–water partition coefficient (Wildman–Crippen LogP) is 4.58. The molecule has 0 spiro atoms. The molecular weight excluding hydrogens is 446 g/mol. The first-order valence-electron chi connectivity index (χ1n) is 7.57. The molecule has 1 aliphatic rings. The van der Waals surface area contributed by atoms with Crippen molar-refractivity contribution < 1.29 is 9.18 Å². The van der Waals surface area contributed by atoms with Crippen molar-refractivity contribution in [3.05, 3.63) is 77.7 Å². The third kappa shape index (κ3) is 2.47. The molecule has 2 heterocycles. The van der Waals surface area contributed by atoms with Gasteiger partial charge in [-0.05, 0) is 24.3 Å². The number of carbonyl (C=O) groups excluding carboxylic acids is 1. The monoisotopic (exact) mass is 454 g/mol. The van der Waals surface area contributed by atoms with Crippen LogP contribution in [0, 0.1) is 5.82 Å². The summed E-state index contributed by atoms with van der Waals surface area (Å²) in [5.74, 6) is -0.818. The van der Waals surface area contributed by atoms with Crippen LogP contribution in [0.1, 0.15) is 27.5 Å². The average Bonchev–Trinajstić information content (AvgIpc) is 2.93. The lowest BCUT2D eigenvalue weighted by atomic mass is 9.95. The maximum atomic E-state index is 13.7. The van der Waals surface area contributed by atoms with E-state index in [0.717, 1.165) is 0 Å². The Hall–Kier alpha value is -1.89. The molecule has 0 aliphatic carbocycles. The number of nitrogens with zero attached hydrogens (tertiary/aromatic N) is 1. The van der Waals surface area contributed by atoms with Crippen LogP contribution >= 0.6 is 39.1 Å². The molecule has 0 fully saturated rings. The van der Waals surface area contributed by atoms with Gasteiger partial charge in [-0.3, -0.25) is 9.59 Å². The van der Waals surface area contributed by atoms with Gasteiger partial charge in [0.1, 0.15) is 5.82 Å². The van der Waals surface area contributed by atoms with Gasteiger partial charge in [0, 0.05) is 39.1 Å². The van der Waals surface area contributed by atoms with E-state index in [0.29, 0.717) is 37.1 Å². The number of benzene rings is 2. The van der Waals surface area contributed by atoms with E-state index in [1.807, 2.05) is 0 Å². The van der Waals surface area contributed by atoms with Crippen LogP contribution in [0.5, 0.6) is 0 Å². The van der Waals surface area contributed by atoms with Gasteiger partial charge < -0.3 is 9.88 Å². The number of pyridine rings is 1. The van der Waals surface area contributed by atoms with Crippen molar-refractivity contribution in [1.29, 1.82) is 0 Å². The molecular formula is C18H10BrCl2FN2O2. The second kappa shape index (κ2) is 6.08. The largest absolute Gasteiger partial charge is 0.341 e. The Morgan fingerprint density at radius 2 is 1.88 bits per heavy atom. The molecule has 1 aliphatic heterocycles. The summed E-state index contributed by atoms with van der Waals surface area (Å²) in [5.41, 5.74) is 1.64. The van der Waals surface area contributed by atoms with Crippen molar-refractivity contribution in [3.8, 4) is 0 Å². The summed E-state index contributed by atoms with van der Waals surface area (Å²) >= 11 is 16.0. The first kappa shape index (κ1) is 17.5. The molecule has 4 rings (SSSR count). The van der Waals surface area contributed by atoms with Crippen molar-refractivity contribution >= 4 is 55.9 Å². The first-order chi connectivity index (χ1) is 12.3. The van der Waals surface area contributed by atoms with Crippen molar-refractivity contribution in [2.75, 3.05) is 0 Å². The van der Waals surface area contributed by atoms with Gasteiger partial charge in [0.2, 0.25) is 0 Å². The number of nitrogens with one attached hydrogen (secondary N) is 1. The summed E-state index contributed by atoms with van der Waals surface area (Å²) in [5, 5.41) is 3.83. The molecule has 1 atom stereocenters. The molecule has 8 heteroatoms. The van der Waals surface area contributed by atoms with Crippen LogP contribution in [-0.2, 0) is 7.05 Å². The fourth-order valence-electron chi connectivity index (χ4n) is 3.32. The fraction of sp³-hybridized carbons (Fsp3) is 0.111. The van der Waals surface area contributed by atoms with Crippen LogP contribution in [0.25, 0.3) is 10.9 Å². The van der Waals surface area contributed by atoms with Gasteiger partial charge in [-0.15, -0.1) is 0 Å². The Labute approximate surface area is 165 Å². The van der Waals surface area contributed by atoms with E-state index in [-0.39, 0.29) is 16.5 Å². The van der Waals surface area contributed by atoms with Gasteiger partial charge in [-0.25, -0.2) is 4.39 Å². The van der Waals surface area contributed by atoms with Gasteiger partial charge in [0.05, 0.1) is 22.1 Å². The maximum absolute atomic E-state index is 13.7. The summed E-state index contributed by atoms with van der Waals surface area (Å²) in [6.07, 6.45) is 0. The van der Waals surface area contributed by atoms with Gasteiger partial charge >= 0.3 is 0 Å². The highest BCUT2D eigenvalue weighted by Gasteiger charge is 2.36. The normalized spacial score (nSPS) is 16.0. The maximum Gasteiger partial charge on any atom is 0.253 e. The second-order valence-corrected chi connectivity index (χ2v) is 7.67. The van der Waals surface area contributed by atoms with E-state index < -0.39 is 11.9 Å². The topological polar surface area (TPSA) is 51.1 Å². The summed E-state index contributed by atoms with van der Waals surface area (Å²) in [7, 11) is 1.60. The molecule has 1 unspecified atom stereocenters. The number of amides is 1. The van der Waals surface area contributed by atoms with Crippen LogP contribution < -0.4 is 10.9 Å². The van der Waals surface area contributed by atoms with Crippen molar-refractivity contribution in [3.63, 3.8) is 0 Å². The molecule has 1 aromatic heterocycles. The molecule has 4 nitrogen and oxygen atoms in total. The fourth-order valence-corrected chi connectivity index (χ4v) is 4.47. The zero-order valence-electron chi connectivity index (χ0n) is 13.2. The molecule has 1 amide bonds. The standard InChI is InChI=1S/C18H10BrCl2FN2O2/c1-24-12-5-9(19)14-16(15(12)11(21)6-13(24)25)18(26)23-17(14)8-4-7(22)2-3-10(8)20/h2-6,17H,1H3,(H,23,26). The van der Waals surface area contributed by atoms with E-state index in [9.17, 15) is 14.0 Å². The van der Waals surface area contributed by atoms with Crippen molar-refractivity contribution in [2.24, 2.45) is 7.05 Å².